The third kappa shape index (κ3) is 5.70. The van der Waals surface area contributed by atoms with Crippen LogP contribution < -0.4 is 0 Å². The van der Waals surface area contributed by atoms with E-state index in [-0.39, 0.29) is 12.2 Å². The van der Waals surface area contributed by atoms with Crippen molar-refractivity contribution in [3.05, 3.63) is 0 Å². The highest BCUT2D eigenvalue weighted by atomic mass is 16.6. The second-order valence-corrected chi connectivity index (χ2v) is 4.11. The number of ketones is 1. The Morgan fingerprint density at radius 2 is 1.79 bits per heavy atom. The molecule has 0 amide bonds. The molecular weight excluding hydrogens is 184 g/mol. The molecule has 0 unspecified atom stereocenters. The molecular formula is C10H18O4. The molecule has 4 nitrogen and oxygen atoms in total. The molecule has 0 saturated carbocycles. The lowest BCUT2D eigenvalue weighted by Gasteiger charge is -2.19. The van der Waals surface area contributed by atoms with Crippen molar-refractivity contribution in [1.82, 2.24) is 0 Å². The highest BCUT2D eigenvalue weighted by molar-refractivity contribution is 5.97. The number of ether oxygens (including phenoxy) is 2. The first-order valence-corrected chi connectivity index (χ1v) is 4.53. The largest absolute Gasteiger partial charge is 0.460 e. The summed E-state index contributed by atoms with van der Waals surface area (Å²) in [6, 6.07) is 0. The van der Waals surface area contributed by atoms with Crippen LogP contribution >= 0.6 is 0 Å². The van der Waals surface area contributed by atoms with Gasteiger partial charge in [0.1, 0.15) is 18.1 Å². The maximum absolute atomic E-state index is 11.2. The van der Waals surface area contributed by atoms with Gasteiger partial charge in [0.2, 0.25) is 0 Å². The monoisotopic (exact) mass is 202 g/mol. The van der Waals surface area contributed by atoms with Gasteiger partial charge in [-0.2, -0.15) is 0 Å². The van der Waals surface area contributed by atoms with Crippen LogP contribution in [0.3, 0.4) is 0 Å². The van der Waals surface area contributed by atoms with Gasteiger partial charge in [-0.15, -0.1) is 0 Å². The van der Waals surface area contributed by atoms with Crippen molar-refractivity contribution in [2.75, 3.05) is 7.11 Å². The Hall–Kier alpha value is -0.900. The van der Waals surface area contributed by atoms with E-state index in [9.17, 15) is 9.59 Å². The predicted octanol–water partition coefficient (Wildman–Crippen LogP) is 1.32. The fourth-order valence-electron chi connectivity index (χ4n) is 0.795. The van der Waals surface area contributed by atoms with Crippen LogP contribution in [0.25, 0.3) is 0 Å². The van der Waals surface area contributed by atoms with Crippen molar-refractivity contribution in [2.24, 2.45) is 0 Å². The maximum Gasteiger partial charge on any atom is 0.313 e. The summed E-state index contributed by atoms with van der Waals surface area (Å²) < 4.78 is 9.77. The van der Waals surface area contributed by atoms with E-state index in [0.717, 1.165) is 0 Å². The topological polar surface area (TPSA) is 52.6 Å². The first-order valence-electron chi connectivity index (χ1n) is 4.53. The van der Waals surface area contributed by atoms with Crippen LogP contribution in [-0.4, -0.2) is 30.6 Å². The molecule has 1 atom stereocenters. The van der Waals surface area contributed by atoms with Crippen molar-refractivity contribution in [1.29, 1.82) is 0 Å². The first kappa shape index (κ1) is 13.1. The number of rotatable bonds is 4. The summed E-state index contributed by atoms with van der Waals surface area (Å²) in [5.74, 6) is -0.770. The van der Waals surface area contributed by atoms with E-state index in [4.69, 9.17) is 9.47 Å². The van der Waals surface area contributed by atoms with Crippen molar-refractivity contribution in [3.63, 3.8) is 0 Å². The molecule has 82 valence electrons. The fraction of sp³-hybridized carbons (Fsp3) is 0.800. The van der Waals surface area contributed by atoms with Crippen LogP contribution in [0.5, 0.6) is 0 Å². The summed E-state index contributed by atoms with van der Waals surface area (Å²) in [4.78, 5) is 22.4. The molecule has 14 heavy (non-hydrogen) atoms. The van der Waals surface area contributed by atoms with Gasteiger partial charge in [0.15, 0.2) is 5.78 Å². The molecule has 0 aromatic carbocycles. The van der Waals surface area contributed by atoms with Crippen LogP contribution in [-0.2, 0) is 19.1 Å². The second kappa shape index (κ2) is 5.10. The predicted molar refractivity (Wildman–Crippen MR) is 51.9 cm³/mol. The SMILES string of the molecule is CO[C@@H](C)C(=O)CC(=O)OC(C)(C)C. The molecule has 0 radical (unpaired) electrons. The van der Waals surface area contributed by atoms with E-state index in [2.05, 4.69) is 0 Å². The number of esters is 1. The van der Waals surface area contributed by atoms with Gasteiger partial charge in [-0.05, 0) is 27.7 Å². The van der Waals surface area contributed by atoms with E-state index in [1.165, 1.54) is 7.11 Å². The average molecular weight is 202 g/mol. The van der Waals surface area contributed by atoms with Crippen LogP contribution in [0.15, 0.2) is 0 Å². The van der Waals surface area contributed by atoms with Crippen molar-refractivity contribution in [3.8, 4) is 0 Å². The summed E-state index contributed by atoms with van der Waals surface area (Å²) in [6.45, 7) is 6.88. The molecule has 0 aromatic heterocycles. The van der Waals surface area contributed by atoms with Gasteiger partial charge in [0.25, 0.3) is 0 Å². The number of hydrogen-bond donors (Lipinski definition) is 0. The van der Waals surface area contributed by atoms with E-state index in [1.54, 1.807) is 27.7 Å². The Bertz CT molecular complexity index is 215. The summed E-state index contributed by atoms with van der Waals surface area (Å²) >= 11 is 0. The number of Topliss-reactive ketones (excluding diaryl/α,β-unsaturated/α-hetero) is 1. The number of hydrogen-bond acceptors (Lipinski definition) is 4. The Morgan fingerprint density at radius 1 is 1.29 bits per heavy atom. The Labute approximate surface area is 84.6 Å². The second-order valence-electron chi connectivity index (χ2n) is 4.11. The van der Waals surface area contributed by atoms with Crippen molar-refractivity contribution in [2.45, 2.75) is 45.8 Å². The zero-order valence-electron chi connectivity index (χ0n) is 9.42. The van der Waals surface area contributed by atoms with Crippen molar-refractivity contribution < 1.29 is 19.1 Å². The lowest BCUT2D eigenvalue weighted by Crippen LogP contribution is -2.28. The summed E-state index contributed by atoms with van der Waals surface area (Å²) in [6.07, 6.45) is -0.783. The molecule has 0 fully saturated rings. The molecule has 0 bridgehead atoms. The minimum atomic E-state index is -0.553. The highest BCUT2D eigenvalue weighted by Crippen LogP contribution is 2.09. The number of carbonyl (C=O) groups is 2. The van der Waals surface area contributed by atoms with Crippen LogP contribution in [0.4, 0.5) is 0 Å². The summed E-state index contributed by atoms with van der Waals surface area (Å²) in [5, 5.41) is 0. The van der Waals surface area contributed by atoms with Gasteiger partial charge < -0.3 is 9.47 Å². The molecule has 0 saturated heterocycles. The molecule has 0 aliphatic rings. The Morgan fingerprint density at radius 3 is 2.14 bits per heavy atom. The maximum atomic E-state index is 11.2. The van der Waals surface area contributed by atoms with Crippen LogP contribution in [0, 0.1) is 0 Å². The summed E-state index contributed by atoms with van der Waals surface area (Å²) in [5.41, 5.74) is -0.548. The quantitative estimate of drug-likeness (QED) is 0.509. The average Bonchev–Trinajstić information content (AvgIpc) is 1.99. The molecule has 0 heterocycles. The molecule has 0 aromatic rings. The van der Waals surface area contributed by atoms with E-state index in [0.29, 0.717) is 0 Å². The fourth-order valence-corrected chi connectivity index (χ4v) is 0.795. The minimum absolute atomic E-state index is 0.230. The first-order chi connectivity index (χ1) is 6.26. The Kier molecular flexibility index (Phi) is 4.77. The van der Waals surface area contributed by atoms with Crippen LogP contribution in [0.1, 0.15) is 34.1 Å². The third-order valence-electron chi connectivity index (χ3n) is 1.55. The zero-order chi connectivity index (χ0) is 11.4. The summed E-state index contributed by atoms with van der Waals surface area (Å²) in [7, 11) is 1.43. The van der Waals surface area contributed by atoms with E-state index in [1.807, 2.05) is 0 Å². The van der Waals surface area contributed by atoms with Gasteiger partial charge in [-0.3, -0.25) is 9.59 Å². The smallest absolute Gasteiger partial charge is 0.313 e. The van der Waals surface area contributed by atoms with Gasteiger partial charge in [0, 0.05) is 7.11 Å². The van der Waals surface area contributed by atoms with Crippen LogP contribution in [0.2, 0.25) is 0 Å². The lowest BCUT2D eigenvalue weighted by atomic mass is 10.1. The third-order valence-corrected chi connectivity index (χ3v) is 1.55. The van der Waals surface area contributed by atoms with Gasteiger partial charge in [0.05, 0.1) is 0 Å². The Balaban J connectivity index is 4.02. The van der Waals surface area contributed by atoms with Gasteiger partial charge in [-0.1, -0.05) is 0 Å². The molecule has 4 heteroatoms. The van der Waals surface area contributed by atoms with Gasteiger partial charge >= 0.3 is 5.97 Å². The molecule has 0 N–H and O–H groups in total. The molecule has 0 aliphatic heterocycles. The molecule has 0 spiro atoms. The van der Waals surface area contributed by atoms with E-state index >= 15 is 0 Å². The zero-order valence-corrected chi connectivity index (χ0v) is 9.42. The normalized spacial score (nSPS) is 13.5. The standard InChI is InChI=1S/C10H18O4/c1-7(13-5)8(11)6-9(12)14-10(2,3)4/h7H,6H2,1-5H3/t7-/m0/s1. The molecule has 0 rings (SSSR count). The minimum Gasteiger partial charge on any atom is -0.460 e. The van der Waals surface area contributed by atoms with Crippen molar-refractivity contribution >= 4 is 11.8 Å². The lowest BCUT2D eigenvalue weighted by molar-refractivity contribution is -0.157. The molecule has 0 aliphatic carbocycles. The number of carbonyl (C=O) groups excluding carboxylic acids is 2. The highest BCUT2D eigenvalue weighted by Gasteiger charge is 2.21. The van der Waals surface area contributed by atoms with E-state index < -0.39 is 17.7 Å². The van der Waals surface area contributed by atoms with Gasteiger partial charge in [-0.25, -0.2) is 0 Å². The number of methoxy groups -OCH3 is 1.